The highest BCUT2D eigenvalue weighted by molar-refractivity contribution is 5.90. The maximum absolute atomic E-state index is 11.6. The van der Waals surface area contributed by atoms with Gasteiger partial charge in [0.05, 0.1) is 0 Å². The zero-order chi connectivity index (χ0) is 13.0. The number of aromatic amines is 1. The van der Waals surface area contributed by atoms with Gasteiger partial charge in [-0.2, -0.15) is 0 Å². The number of likely N-dealkylation sites (tertiary alicyclic amines) is 1. The van der Waals surface area contributed by atoms with Crippen molar-refractivity contribution in [3.05, 3.63) is 18.2 Å². The van der Waals surface area contributed by atoms with E-state index in [9.17, 15) is 9.59 Å². The Bertz CT molecular complexity index is 410. The first-order chi connectivity index (χ1) is 8.66. The molecule has 1 aromatic heterocycles. The summed E-state index contributed by atoms with van der Waals surface area (Å²) in [7, 11) is 0. The Morgan fingerprint density at radius 1 is 1.50 bits per heavy atom. The van der Waals surface area contributed by atoms with Crippen LogP contribution in [0.1, 0.15) is 23.5 Å². The van der Waals surface area contributed by atoms with Crippen LogP contribution >= 0.6 is 0 Å². The maximum Gasteiger partial charge on any atom is 0.407 e. The van der Waals surface area contributed by atoms with Crippen LogP contribution in [0.25, 0.3) is 0 Å². The number of nitrogens with one attached hydrogen (secondary N) is 2. The van der Waals surface area contributed by atoms with Crippen LogP contribution in [0.5, 0.6) is 0 Å². The lowest BCUT2D eigenvalue weighted by atomic mass is 9.97. The molecule has 18 heavy (non-hydrogen) atoms. The molecule has 0 atom stereocenters. The Kier molecular flexibility index (Phi) is 3.81. The quantitative estimate of drug-likeness (QED) is 0.730. The van der Waals surface area contributed by atoms with Crippen LogP contribution in [0.3, 0.4) is 0 Å². The molecule has 2 heterocycles. The topological polar surface area (TPSA) is 98.3 Å². The van der Waals surface area contributed by atoms with Gasteiger partial charge in [-0.3, -0.25) is 4.79 Å². The van der Waals surface area contributed by atoms with Crippen molar-refractivity contribution in [1.29, 1.82) is 0 Å². The predicted molar refractivity (Wildman–Crippen MR) is 63.2 cm³/mol. The van der Waals surface area contributed by atoms with Crippen LogP contribution in [0.4, 0.5) is 4.79 Å². The summed E-state index contributed by atoms with van der Waals surface area (Å²) in [5, 5.41) is 11.6. The minimum Gasteiger partial charge on any atom is -0.465 e. The van der Waals surface area contributed by atoms with Gasteiger partial charge in [-0.25, -0.2) is 9.78 Å². The van der Waals surface area contributed by atoms with Crippen molar-refractivity contribution in [2.24, 2.45) is 5.92 Å². The number of H-pyrrole nitrogens is 1. The molecule has 2 rings (SSSR count). The number of carboxylic acid groups (broad SMARTS) is 1. The molecule has 0 unspecified atom stereocenters. The van der Waals surface area contributed by atoms with Crippen LogP contribution < -0.4 is 5.32 Å². The molecule has 7 nitrogen and oxygen atoms in total. The molecule has 1 aliphatic heterocycles. The van der Waals surface area contributed by atoms with Gasteiger partial charge in [0, 0.05) is 32.0 Å². The highest BCUT2D eigenvalue weighted by Gasteiger charge is 2.22. The number of piperidine rings is 1. The number of nitrogens with zero attached hydrogens (tertiary/aromatic N) is 2. The second kappa shape index (κ2) is 5.52. The van der Waals surface area contributed by atoms with E-state index < -0.39 is 6.09 Å². The van der Waals surface area contributed by atoms with Crippen LogP contribution in [0, 0.1) is 5.92 Å². The maximum atomic E-state index is 11.6. The number of hydrogen-bond donors (Lipinski definition) is 3. The van der Waals surface area contributed by atoms with E-state index in [-0.39, 0.29) is 5.91 Å². The van der Waals surface area contributed by atoms with Gasteiger partial charge < -0.3 is 20.3 Å². The summed E-state index contributed by atoms with van der Waals surface area (Å²) < 4.78 is 0. The van der Waals surface area contributed by atoms with E-state index in [0.29, 0.717) is 31.4 Å². The van der Waals surface area contributed by atoms with Gasteiger partial charge >= 0.3 is 6.09 Å². The van der Waals surface area contributed by atoms with Crippen molar-refractivity contribution >= 4 is 12.0 Å². The van der Waals surface area contributed by atoms with E-state index in [4.69, 9.17) is 5.11 Å². The molecule has 1 aromatic rings. The van der Waals surface area contributed by atoms with Gasteiger partial charge in [-0.15, -0.1) is 0 Å². The van der Waals surface area contributed by atoms with Crippen molar-refractivity contribution in [2.75, 3.05) is 19.6 Å². The van der Waals surface area contributed by atoms with Crippen molar-refractivity contribution in [3.8, 4) is 0 Å². The van der Waals surface area contributed by atoms with E-state index in [1.165, 1.54) is 11.1 Å². The molecule has 0 spiro atoms. The average molecular weight is 252 g/mol. The molecule has 0 aliphatic carbocycles. The predicted octanol–water partition coefficient (Wildman–Crippen LogP) is 0.529. The molecule has 1 fully saturated rings. The summed E-state index contributed by atoms with van der Waals surface area (Å²) in [4.78, 5) is 30.3. The first-order valence-electron chi connectivity index (χ1n) is 5.92. The number of carbonyl (C=O) groups is 2. The van der Waals surface area contributed by atoms with Crippen molar-refractivity contribution in [2.45, 2.75) is 12.8 Å². The highest BCUT2D eigenvalue weighted by Crippen LogP contribution is 2.16. The Balaban J connectivity index is 1.72. The standard InChI is InChI=1S/C11H16N4O3/c16-10(9-12-3-4-13-9)14-7-8-1-5-15(6-2-8)11(17)18/h3-4,8H,1-2,5-7H2,(H,12,13)(H,14,16)(H,17,18). The fourth-order valence-electron chi connectivity index (χ4n) is 2.04. The summed E-state index contributed by atoms with van der Waals surface area (Å²) in [5.41, 5.74) is 0. The van der Waals surface area contributed by atoms with Gasteiger partial charge in [0.2, 0.25) is 0 Å². The molecule has 0 radical (unpaired) electrons. The number of amides is 2. The second-order valence-corrected chi connectivity index (χ2v) is 4.36. The van der Waals surface area contributed by atoms with Crippen LogP contribution in [-0.4, -0.2) is 51.6 Å². The van der Waals surface area contributed by atoms with Crippen molar-refractivity contribution in [3.63, 3.8) is 0 Å². The summed E-state index contributed by atoms with van der Waals surface area (Å²) in [5.74, 6) is 0.415. The Hall–Kier alpha value is -2.05. The monoisotopic (exact) mass is 252 g/mol. The Morgan fingerprint density at radius 2 is 2.22 bits per heavy atom. The summed E-state index contributed by atoms with van der Waals surface area (Å²) in [6, 6.07) is 0. The van der Waals surface area contributed by atoms with E-state index in [0.717, 1.165) is 12.8 Å². The molecular formula is C11H16N4O3. The molecule has 1 aliphatic rings. The molecule has 0 bridgehead atoms. The van der Waals surface area contributed by atoms with Gasteiger partial charge in [0.25, 0.3) is 5.91 Å². The minimum atomic E-state index is -0.868. The van der Waals surface area contributed by atoms with Gasteiger partial charge in [0.15, 0.2) is 5.82 Å². The summed E-state index contributed by atoms with van der Waals surface area (Å²) in [6.45, 7) is 1.64. The van der Waals surface area contributed by atoms with Crippen molar-refractivity contribution in [1.82, 2.24) is 20.2 Å². The first-order valence-corrected chi connectivity index (χ1v) is 5.92. The van der Waals surface area contributed by atoms with E-state index >= 15 is 0 Å². The normalized spacial score (nSPS) is 16.6. The van der Waals surface area contributed by atoms with Crippen LogP contribution in [0.2, 0.25) is 0 Å². The SMILES string of the molecule is O=C(NCC1CCN(C(=O)O)CC1)c1ncc[nH]1. The number of carbonyl (C=O) groups excluding carboxylic acids is 1. The van der Waals surface area contributed by atoms with E-state index in [1.54, 1.807) is 6.20 Å². The van der Waals surface area contributed by atoms with Crippen LogP contribution in [0.15, 0.2) is 12.4 Å². The van der Waals surface area contributed by atoms with Crippen molar-refractivity contribution < 1.29 is 14.7 Å². The summed E-state index contributed by atoms with van der Waals surface area (Å²) >= 11 is 0. The molecular weight excluding hydrogens is 236 g/mol. The lowest BCUT2D eigenvalue weighted by Crippen LogP contribution is -2.41. The first kappa shape index (κ1) is 12.4. The van der Waals surface area contributed by atoms with E-state index in [2.05, 4.69) is 15.3 Å². The molecule has 0 saturated carbocycles. The number of hydrogen-bond acceptors (Lipinski definition) is 3. The van der Waals surface area contributed by atoms with Gasteiger partial charge in [0.1, 0.15) is 0 Å². The molecule has 2 amide bonds. The fraction of sp³-hybridized carbons (Fsp3) is 0.545. The zero-order valence-electron chi connectivity index (χ0n) is 9.93. The lowest BCUT2D eigenvalue weighted by molar-refractivity contribution is 0.0919. The van der Waals surface area contributed by atoms with Gasteiger partial charge in [-0.1, -0.05) is 0 Å². The van der Waals surface area contributed by atoms with E-state index in [1.807, 2.05) is 0 Å². The van der Waals surface area contributed by atoms with Gasteiger partial charge in [-0.05, 0) is 18.8 Å². The van der Waals surface area contributed by atoms with Crippen LogP contribution in [-0.2, 0) is 0 Å². The molecule has 3 N–H and O–H groups in total. The Morgan fingerprint density at radius 3 is 2.78 bits per heavy atom. The fourth-order valence-corrected chi connectivity index (χ4v) is 2.04. The second-order valence-electron chi connectivity index (χ2n) is 4.36. The highest BCUT2D eigenvalue weighted by atomic mass is 16.4. The third-order valence-electron chi connectivity index (χ3n) is 3.15. The molecule has 98 valence electrons. The largest absolute Gasteiger partial charge is 0.465 e. The molecule has 7 heteroatoms. The smallest absolute Gasteiger partial charge is 0.407 e. The lowest BCUT2D eigenvalue weighted by Gasteiger charge is -2.29. The third kappa shape index (κ3) is 2.99. The Labute approximate surface area is 104 Å². The third-order valence-corrected chi connectivity index (χ3v) is 3.15. The molecule has 1 saturated heterocycles. The zero-order valence-corrected chi connectivity index (χ0v) is 9.93. The average Bonchev–Trinajstić information content (AvgIpc) is 2.90. The summed E-state index contributed by atoms with van der Waals surface area (Å²) in [6.07, 6.45) is 3.82. The number of rotatable bonds is 3. The minimum absolute atomic E-state index is 0.222. The number of imidazole rings is 1. The molecule has 0 aromatic carbocycles. The number of aromatic nitrogens is 2.